The van der Waals surface area contributed by atoms with Crippen molar-refractivity contribution in [2.24, 2.45) is 5.73 Å². The molecule has 3 rings (SSSR count). The van der Waals surface area contributed by atoms with Crippen molar-refractivity contribution in [1.82, 2.24) is 0 Å². The van der Waals surface area contributed by atoms with Crippen molar-refractivity contribution >= 4 is 11.0 Å². The normalized spacial score (nSPS) is 12.8. The molecule has 1 heterocycles. The molecule has 21 heavy (non-hydrogen) atoms. The first-order valence-electron chi connectivity index (χ1n) is 6.37. The average molecular weight is 291 g/mol. The minimum Gasteiger partial charge on any atom is -0.459 e. The van der Waals surface area contributed by atoms with Crippen molar-refractivity contribution in [3.05, 3.63) is 70.7 Å². The van der Waals surface area contributed by atoms with Gasteiger partial charge in [0.1, 0.15) is 17.2 Å². The lowest BCUT2D eigenvalue weighted by Gasteiger charge is -2.11. The quantitative estimate of drug-likeness (QED) is 0.768. The van der Waals surface area contributed by atoms with Crippen LogP contribution in [0.1, 0.15) is 22.9 Å². The van der Waals surface area contributed by atoms with Gasteiger partial charge in [-0.05, 0) is 31.2 Å². The molecule has 1 unspecified atom stereocenters. The third-order valence-corrected chi connectivity index (χ3v) is 3.53. The van der Waals surface area contributed by atoms with Crippen molar-refractivity contribution in [2.45, 2.75) is 13.0 Å². The number of rotatable bonds is 2. The average Bonchev–Trinajstić information content (AvgIpc) is 2.78. The summed E-state index contributed by atoms with van der Waals surface area (Å²) < 4.78 is 46.0. The van der Waals surface area contributed by atoms with Crippen LogP contribution in [-0.2, 0) is 0 Å². The van der Waals surface area contributed by atoms with Crippen molar-refractivity contribution in [1.29, 1.82) is 0 Å². The number of benzene rings is 2. The van der Waals surface area contributed by atoms with Crippen LogP contribution in [0.5, 0.6) is 0 Å². The van der Waals surface area contributed by atoms with Gasteiger partial charge in [0.25, 0.3) is 0 Å². The molecule has 0 aliphatic rings. The van der Waals surface area contributed by atoms with Gasteiger partial charge in [0.2, 0.25) is 0 Å². The molecule has 0 saturated carbocycles. The summed E-state index contributed by atoms with van der Waals surface area (Å²) >= 11 is 0. The molecular formula is C16H12F3NO. The zero-order valence-corrected chi connectivity index (χ0v) is 11.2. The molecule has 1 atom stereocenters. The molecule has 0 aliphatic heterocycles. The van der Waals surface area contributed by atoms with Gasteiger partial charge in [-0.1, -0.05) is 12.1 Å². The summed E-state index contributed by atoms with van der Waals surface area (Å²) in [6.45, 7) is 1.71. The van der Waals surface area contributed by atoms with Gasteiger partial charge in [0.15, 0.2) is 11.6 Å². The third kappa shape index (κ3) is 2.19. The van der Waals surface area contributed by atoms with Crippen molar-refractivity contribution in [2.75, 3.05) is 0 Å². The molecule has 108 valence electrons. The largest absolute Gasteiger partial charge is 0.459 e. The van der Waals surface area contributed by atoms with Crippen LogP contribution >= 0.6 is 0 Å². The molecule has 2 N–H and O–H groups in total. The number of halogens is 3. The summed E-state index contributed by atoms with van der Waals surface area (Å²) in [6.07, 6.45) is 0. The molecule has 0 aliphatic carbocycles. The standard InChI is InChI=1S/C16H12F3NO/c1-8-11-7-9(17)5-6-13(11)21-16(8)15(20)10-3-2-4-12(18)14(10)19/h2-7,15H,20H2,1H3. The molecule has 0 bridgehead atoms. The number of aryl methyl sites for hydroxylation is 1. The summed E-state index contributed by atoms with van der Waals surface area (Å²) in [5, 5.41) is 0.567. The van der Waals surface area contributed by atoms with E-state index in [9.17, 15) is 13.2 Å². The van der Waals surface area contributed by atoms with E-state index in [-0.39, 0.29) is 5.56 Å². The Labute approximate surface area is 119 Å². The lowest BCUT2D eigenvalue weighted by Crippen LogP contribution is -2.14. The Morgan fingerprint density at radius 2 is 1.86 bits per heavy atom. The van der Waals surface area contributed by atoms with E-state index in [4.69, 9.17) is 10.2 Å². The van der Waals surface area contributed by atoms with Crippen LogP contribution in [0.2, 0.25) is 0 Å². The second kappa shape index (κ2) is 4.93. The fraction of sp³-hybridized carbons (Fsp3) is 0.125. The Kier molecular flexibility index (Phi) is 3.22. The van der Waals surface area contributed by atoms with E-state index in [1.54, 1.807) is 6.92 Å². The molecule has 2 aromatic carbocycles. The molecule has 5 heteroatoms. The molecule has 0 spiro atoms. The summed E-state index contributed by atoms with van der Waals surface area (Å²) in [7, 11) is 0. The number of hydrogen-bond acceptors (Lipinski definition) is 2. The van der Waals surface area contributed by atoms with E-state index >= 15 is 0 Å². The van der Waals surface area contributed by atoms with Crippen molar-refractivity contribution < 1.29 is 17.6 Å². The zero-order chi connectivity index (χ0) is 15.1. The SMILES string of the molecule is Cc1c(C(N)c2cccc(F)c2F)oc2ccc(F)cc12. The van der Waals surface area contributed by atoms with Gasteiger partial charge < -0.3 is 10.2 Å². The van der Waals surface area contributed by atoms with E-state index in [1.807, 2.05) is 0 Å². The van der Waals surface area contributed by atoms with E-state index < -0.39 is 23.5 Å². The predicted octanol–water partition coefficient (Wildman–Crippen LogP) is 4.21. The second-order valence-corrected chi connectivity index (χ2v) is 4.85. The minimum atomic E-state index is -1.00. The van der Waals surface area contributed by atoms with Crippen LogP contribution in [0.15, 0.2) is 40.8 Å². The highest BCUT2D eigenvalue weighted by atomic mass is 19.2. The third-order valence-electron chi connectivity index (χ3n) is 3.53. The number of furan rings is 1. The number of nitrogens with two attached hydrogens (primary N) is 1. The van der Waals surface area contributed by atoms with E-state index in [2.05, 4.69) is 0 Å². The fourth-order valence-electron chi connectivity index (χ4n) is 2.41. The maximum atomic E-state index is 13.8. The minimum absolute atomic E-state index is 0.00220. The Hall–Kier alpha value is -2.27. The molecule has 0 amide bonds. The fourth-order valence-corrected chi connectivity index (χ4v) is 2.41. The molecule has 3 aromatic rings. The smallest absolute Gasteiger partial charge is 0.164 e. The molecule has 1 aromatic heterocycles. The highest BCUT2D eigenvalue weighted by Gasteiger charge is 2.22. The first kappa shape index (κ1) is 13.7. The summed E-state index contributed by atoms with van der Waals surface area (Å²) in [6, 6.07) is 6.91. The van der Waals surface area contributed by atoms with Crippen LogP contribution in [0, 0.1) is 24.4 Å². The maximum Gasteiger partial charge on any atom is 0.164 e. The van der Waals surface area contributed by atoms with Crippen molar-refractivity contribution in [3.8, 4) is 0 Å². The molecular weight excluding hydrogens is 279 g/mol. The summed E-state index contributed by atoms with van der Waals surface area (Å²) in [4.78, 5) is 0. The Morgan fingerprint density at radius 1 is 1.10 bits per heavy atom. The second-order valence-electron chi connectivity index (χ2n) is 4.85. The predicted molar refractivity (Wildman–Crippen MR) is 73.3 cm³/mol. The van der Waals surface area contributed by atoms with E-state index in [1.165, 1.54) is 30.3 Å². The Morgan fingerprint density at radius 3 is 2.62 bits per heavy atom. The van der Waals surface area contributed by atoms with Gasteiger partial charge in [0, 0.05) is 16.5 Å². The maximum absolute atomic E-state index is 13.8. The van der Waals surface area contributed by atoms with E-state index in [0.717, 1.165) is 6.07 Å². The lowest BCUT2D eigenvalue weighted by molar-refractivity contribution is 0.474. The van der Waals surface area contributed by atoms with Crippen LogP contribution in [-0.4, -0.2) is 0 Å². The summed E-state index contributed by atoms with van der Waals surface area (Å²) in [5.41, 5.74) is 7.06. The zero-order valence-electron chi connectivity index (χ0n) is 11.2. The van der Waals surface area contributed by atoms with Gasteiger partial charge in [-0.3, -0.25) is 0 Å². The highest BCUT2D eigenvalue weighted by molar-refractivity contribution is 5.82. The number of fused-ring (bicyclic) bond motifs is 1. The van der Waals surface area contributed by atoms with Crippen LogP contribution in [0.3, 0.4) is 0 Å². The van der Waals surface area contributed by atoms with Crippen LogP contribution < -0.4 is 5.73 Å². The first-order chi connectivity index (χ1) is 9.99. The van der Waals surface area contributed by atoms with Gasteiger partial charge in [-0.25, -0.2) is 13.2 Å². The van der Waals surface area contributed by atoms with Crippen LogP contribution in [0.25, 0.3) is 11.0 Å². The lowest BCUT2D eigenvalue weighted by atomic mass is 10.0. The van der Waals surface area contributed by atoms with Gasteiger partial charge in [0.05, 0.1) is 6.04 Å². The summed E-state index contributed by atoms with van der Waals surface area (Å²) in [5.74, 6) is -2.08. The van der Waals surface area contributed by atoms with E-state index in [0.29, 0.717) is 22.3 Å². The molecule has 2 nitrogen and oxygen atoms in total. The van der Waals surface area contributed by atoms with Gasteiger partial charge in [-0.2, -0.15) is 0 Å². The topological polar surface area (TPSA) is 39.2 Å². The van der Waals surface area contributed by atoms with Gasteiger partial charge in [-0.15, -0.1) is 0 Å². The molecule has 0 saturated heterocycles. The number of hydrogen-bond donors (Lipinski definition) is 1. The highest BCUT2D eigenvalue weighted by Crippen LogP contribution is 2.33. The molecule has 0 fully saturated rings. The first-order valence-corrected chi connectivity index (χ1v) is 6.37. The Balaban J connectivity index is 2.15. The monoisotopic (exact) mass is 291 g/mol. The van der Waals surface area contributed by atoms with Gasteiger partial charge >= 0.3 is 0 Å². The van der Waals surface area contributed by atoms with Crippen LogP contribution in [0.4, 0.5) is 13.2 Å². The Bertz CT molecular complexity index is 826. The van der Waals surface area contributed by atoms with Crippen molar-refractivity contribution in [3.63, 3.8) is 0 Å². The molecule has 0 radical (unpaired) electrons.